The van der Waals surface area contributed by atoms with E-state index in [0.29, 0.717) is 57.3 Å². The molecule has 2 aromatic rings. The van der Waals surface area contributed by atoms with Gasteiger partial charge in [0.25, 0.3) is 0 Å². The van der Waals surface area contributed by atoms with Crippen LogP contribution in [0, 0.1) is 5.92 Å². The Morgan fingerprint density at radius 3 is 1.35 bits per heavy atom. The van der Waals surface area contributed by atoms with Gasteiger partial charge in [-0.15, -0.1) is 0 Å². The van der Waals surface area contributed by atoms with Crippen LogP contribution in [0.1, 0.15) is 153 Å². The molecule has 2 aromatic carbocycles. The zero-order valence-corrected chi connectivity index (χ0v) is 59.3. The van der Waals surface area contributed by atoms with Crippen LogP contribution in [-0.2, 0) is 70.5 Å². The van der Waals surface area contributed by atoms with E-state index in [9.17, 15) is 93.0 Å². The van der Waals surface area contributed by atoms with Gasteiger partial charge in [-0.25, -0.2) is 19.2 Å². The van der Waals surface area contributed by atoms with Crippen LogP contribution in [0.15, 0.2) is 53.0 Å². The maximum absolute atomic E-state index is 14.1. The molecule has 1 aliphatic heterocycles. The van der Waals surface area contributed by atoms with Crippen LogP contribution >= 0.6 is 15.9 Å². The molecule has 1 saturated heterocycles. The normalized spacial score (nSPS) is 15.1. The predicted molar refractivity (Wildman–Crippen MR) is 370 cm³/mol. The Labute approximate surface area is 592 Å². The van der Waals surface area contributed by atoms with Crippen molar-refractivity contribution in [2.24, 2.45) is 5.92 Å². The number of carbonyl (C=O) groups excluding carboxylic acids is 6. The summed E-state index contributed by atoms with van der Waals surface area (Å²) in [5.41, 5.74) is 2.87. The molecule has 0 unspecified atom stereocenters. The number of hydrogen-bond donors (Lipinski definition) is 13. The lowest BCUT2D eigenvalue weighted by Crippen LogP contribution is -2.54. The largest absolute Gasteiger partial charge is 0.481 e. The number of benzene rings is 2. The smallest absolute Gasteiger partial charge is 0.326 e. The second kappa shape index (κ2) is 47.7. The van der Waals surface area contributed by atoms with Gasteiger partial charge in [0, 0.05) is 102 Å². The number of nitrogens with one attached hydrogen (secondary N) is 6. The number of rotatable bonds is 47. The minimum Gasteiger partial charge on any atom is -0.481 e. The molecule has 100 heavy (non-hydrogen) atoms. The van der Waals surface area contributed by atoms with E-state index in [0.717, 1.165) is 27.6 Å². The van der Waals surface area contributed by atoms with Crippen molar-refractivity contribution in [3.63, 3.8) is 0 Å². The van der Waals surface area contributed by atoms with E-state index >= 15 is 0 Å². The number of amides is 7. The van der Waals surface area contributed by atoms with E-state index < -0.39 is 103 Å². The Bertz CT molecular complexity index is 2930. The quantitative estimate of drug-likeness (QED) is 0.0422. The van der Waals surface area contributed by atoms with Crippen molar-refractivity contribution < 1.29 is 98.1 Å². The van der Waals surface area contributed by atoms with Gasteiger partial charge >= 0.3 is 47.8 Å². The Hall–Kier alpha value is -8.33. The van der Waals surface area contributed by atoms with Crippen LogP contribution < -0.4 is 31.9 Å². The second-order valence-corrected chi connectivity index (χ2v) is 26.6. The summed E-state index contributed by atoms with van der Waals surface area (Å²) in [4.78, 5) is 171. The molecule has 7 amide bonds. The first kappa shape index (κ1) is 85.9. The minimum absolute atomic E-state index is 0.0241. The number of aliphatic carboxylic acids is 7. The maximum atomic E-state index is 14.1. The number of urea groups is 1. The van der Waals surface area contributed by atoms with Gasteiger partial charge in [-0.1, -0.05) is 79.0 Å². The average molecular weight is 1480 g/mol. The zero-order chi connectivity index (χ0) is 74.1. The van der Waals surface area contributed by atoms with E-state index in [1.54, 1.807) is 31.4 Å². The average Bonchev–Trinajstić information content (AvgIpc) is 0.926. The Morgan fingerprint density at radius 1 is 0.430 bits per heavy atom. The number of carboxylic acids is 7. The minimum atomic E-state index is -1.55. The van der Waals surface area contributed by atoms with Crippen molar-refractivity contribution in [1.82, 2.24) is 56.4 Å². The fraction of sp³-hybridized carbons (Fsp3) is 0.632. The van der Waals surface area contributed by atoms with Crippen molar-refractivity contribution >= 4 is 93.3 Å². The van der Waals surface area contributed by atoms with Crippen LogP contribution in [0.25, 0.3) is 0 Å². The molecule has 3 rings (SSSR count). The lowest BCUT2D eigenvalue weighted by molar-refractivity contribution is -0.143. The standard InChI is InChI=1S/C68H104BrN11O20/c1-46(2)40-48-19-23-50(24-20-48)47(3)63(92)71-30-12-8-14-52(72-57(82)42-76-32-34-77(43-60(86)87)36-38-79(45-62(90)91)39-37-78(35-33-76)44-61(88)89)64(93)73-53(65(94)95)15-9-11-29-70-56(81)17-6-4-5-7-18-58(83)80(41-49-21-25-51(69)26-22-49)31-13-10-16-54(66(96)97)74-68(100)75-55(67(98)99)27-28-59(84)85/h19-26,46-47,52-55H,4-18,27-45H2,1-3H3,(H,70,81)(H,71,92)(H,72,82)(H,73,93)(H,84,85)(H,86,87)(H,88,89)(H,90,91)(H,94,95)(H,96,97)(H,98,99)(H2,74,75,100)/t47-,52-,53-,54-,55-/m0/s1. The molecule has 32 heteroatoms. The van der Waals surface area contributed by atoms with E-state index in [1.165, 1.54) is 0 Å². The molecule has 0 spiro atoms. The van der Waals surface area contributed by atoms with Crippen LogP contribution in [0.4, 0.5) is 4.79 Å². The monoisotopic (exact) mass is 1470 g/mol. The van der Waals surface area contributed by atoms with Crippen molar-refractivity contribution in [3.8, 4) is 0 Å². The highest BCUT2D eigenvalue weighted by Crippen LogP contribution is 2.20. The molecular formula is C68H104BrN11O20. The van der Waals surface area contributed by atoms with Gasteiger partial charge in [0.05, 0.1) is 32.1 Å². The van der Waals surface area contributed by atoms with Gasteiger partial charge in [0.15, 0.2) is 0 Å². The molecule has 13 N–H and O–H groups in total. The van der Waals surface area contributed by atoms with Crippen LogP contribution in [0.2, 0.25) is 0 Å². The van der Waals surface area contributed by atoms with E-state index in [2.05, 4.69) is 61.7 Å². The predicted octanol–water partition coefficient (Wildman–Crippen LogP) is 3.46. The van der Waals surface area contributed by atoms with Gasteiger partial charge < -0.3 is 72.5 Å². The molecule has 31 nitrogen and oxygen atoms in total. The molecule has 1 heterocycles. The fourth-order valence-electron chi connectivity index (χ4n) is 11.2. The highest BCUT2D eigenvalue weighted by atomic mass is 79.9. The summed E-state index contributed by atoms with van der Waals surface area (Å²) < 4.78 is 0.843. The third kappa shape index (κ3) is 37.7. The van der Waals surface area contributed by atoms with Crippen molar-refractivity contribution in [3.05, 3.63) is 69.7 Å². The van der Waals surface area contributed by atoms with Crippen LogP contribution in [0.5, 0.6) is 0 Å². The van der Waals surface area contributed by atoms with Gasteiger partial charge in [-0.05, 0) is 125 Å². The van der Waals surface area contributed by atoms with E-state index in [-0.39, 0.29) is 167 Å². The first-order valence-electron chi connectivity index (χ1n) is 34.3. The van der Waals surface area contributed by atoms with Gasteiger partial charge in [0.2, 0.25) is 29.5 Å². The summed E-state index contributed by atoms with van der Waals surface area (Å²) in [7, 11) is 0. The molecule has 0 aromatic heterocycles. The highest BCUT2D eigenvalue weighted by Gasteiger charge is 2.30. The second-order valence-electron chi connectivity index (χ2n) is 25.7. The lowest BCUT2D eigenvalue weighted by Gasteiger charge is -2.33. The summed E-state index contributed by atoms with van der Waals surface area (Å²) in [5, 5.41) is 82.7. The summed E-state index contributed by atoms with van der Waals surface area (Å²) in [6.45, 7) is 6.81. The number of unbranched alkanes of at least 4 members (excludes halogenated alkanes) is 6. The van der Waals surface area contributed by atoms with Gasteiger partial charge in [-0.3, -0.25) is 62.8 Å². The van der Waals surface area contributed by atoms with Gasteiger partial charge in [0.1, 0.15) is 24.2 Å². The molecule has 5 atom stereocenters. The van der Waals surface area contributed by atoms with Gasteiger partial charge in [-0.2, -0.15) is 0 Å². The van der Waals surface area contributed by atoms with Crippen molar-refractivity contribution in [1.29, 1.82) is 0 Å². The fourth-order valence-corrected chi connectivity index (χ4v) is 11.5. The lowest BCUT2D eigenvalue weighted by atomic mass is 9.96. The summed E-state index contributed by atoms with van der Waals surface area (Å²) in [5.74, 6) is -10.7. The first-order chi connectivity index (χ1) is 47.5. The summed E-state index contributed by atoms with van der Waals surface area (Å²) in [6.07, 6.45) is 4.64. The van der Waals surface area contributed by atoms with Crippen LogP contribution in [0.3, 0.4) is 0 Å². The van der Waals surface area contributed by atoms with E-state index in [1.807, 2.05) is 48.5 Å². The number of nitrogens with zero attached hydrogens (tertiary/aromatic N) is 5. The summed E-state index contributed by atoms with van der Waals surface area (Å²) in [6, 6.07) is 8.63. The molecule has 0 saturated carbocycles. The Morgan fingerprint density at radius 2 is 0.870 bits per heavy atom. The topological polar surface area (TPSA) is 452 Å². The molecule has 558 valence electrons. The zero-order valence-electron chi connectivity index (χ0n) is 57.7. The van der Waals surface area contributed by atoms with Crippen LogP contribution in [-0.4, -0.2) is 260 Å². The van der Waals surface area contributed by atoms with Crippen molar-refractivity contribution in [2.75, 3.05) is 98.2 Å². The Balaban J connectivity index is 1.57. The number of carbonyl (C=O) groups is 13. The maximum Gasteiger partial charge on any atom is 0.326 e. The third-order valence-electron chi connectivity index (χ3n) is 16.8. The summed E-state index contributed by atoms with van der Waals surface area (Å²) >= 11 is 3.41. The van der Waals surface area contributed by atoms with Crippen molar-refractivity contribution in [2.45, 2.75) is 173 Å². The van der Waals surface area contributed by atoms with E-state index in [4.69, 9.17) is 5.11 Å². The number of carboxylic acid groups (broad SMARTS) is 7. The Kier molecular flexibility index (Phi) is 40.9. The molecule has 0 radical (unpaired) electrons. The molecule has 1 aliphatic rings. The molecule has 0 aliphatic carbocycles. The first-order valence-corrected chi connectivity index (χ1v) is 35.0. The molecule has 1 fully saturated rings. The number of halogens is 1. The molecular weight excluding hydrogens is 1370 g/mol. The SMILES string of the molecule is CC(C)Cc1ccc([C@H](C)C(=O)NCCCC[C@H](NC(=O)CN2CCN(CC(=O)O)CCN(CC(=O)O)CCN(CC(=O)O)CC2)C(=O)N[C@@H](CCCCNC(=O)CCCCCCC(=O)N(CCCC[C@H](NC(=O)N[C@@H](CCC(=O)O)C(=O)O)C(=O)O)Cc2ccc(Br)cc2)C(=O)O)cc1. The molecule has 0 bridgehead atoms. The number of hydrogen-bond acceptors (Lipinski definition) is 17. The third-order valence-corrected chi connectivity index (χ3v) is 17.4. The highest BCUT2D eigenvalue weighted by molar-refractivity contribution is 9.10.